The van der Waals surface area contributed by atoms with Gasteiger partial charge in [-0.05, 0) is 19.1 Å². The third-order valence-corrected chi connectivity index (χ3v) is 4.38. The van der Waals surface area contributed by atoms with E-state index in [2.05, 4.69) is 10.3 Å². The number of anilines is 1. The second kappa shape index (κ2) is 5.82. The molecule has 1 aromatic heterocycles. The van der Waals surface area contributed by atoms with Crippen molar-refractivity contribution in [3.8, 4) is 0 Å². The molecule has 0 aromatic carbocycles. The van der Waals surface area contributed by atoms with Crippen LogP contribution in [0.5, 0.6) is 0 Å². The lowest BCUT2D eigenvalue weighted by atomic mass is 9.95. The van der Waals surface area contributed by atoms with Gasteiger partial charge in [0.25, 0.3) is 5.95 Å². The summed E-state index contributed by atoms with van der Waals surface area (Å²) in [5.41, 5.74) is 0. The molecule has 0 spiro atoms. The minimum atomic E-state index is -1.27. The van der Waals surface area contributed by atoms with Crippen LogP contribution < -0.4 is 5.32 Å². The van der Waals surface area contributed by atoms with E-state index in [1.165, 1.54) is 0 Å². The fourth-order valence-electron chi connectivity index (χ4n) is 2.27. The Bertz CT molecular complexity index is 428. The van der Waals surface area contributed by atoms with Crippen LogP contribution in [0.25, 0.3) is 0 Å². The number of thioether (sulfide) groups is 1. The van der Waals surface area contributed by atoms with Gasteiger partial charge < -0.3 is 5.32 Å². The molecule has 1 aromatic rings. The molecule has 18 heavy (non-hydrogen) atoms. The number of halogens is 3. The average molecular weight is 276 g/mol. The van der Waals surface area contributed by atoms with E-state index in [4.69, 9.17) is 0 Å². The number of nitrogens with zero attached hydrogens (tertiary/aromatic N) is 1. The van der Waals surface area contributed by atoms with Crippen molar-refractivity contribution in [3.63, 3.8) is 0 Å². The Hall–Kier alpha value is -0.910. The first-order valence-electron chi connectivity index (χ1n) is 5.92. The Morgan fingerprint density at radius 2 is 1.94 bits per heavy atom. The zero-order valence-electron chi connectivity index (χ0n) is 10.0. The fraction of sp³-hybridized carbons (Fsp3) is 0.583. The summed E-state index contributed by atoms with van der Waals surface area (Å²) >= 11 is 1.71. The Kier molecular flexibility index (Phi) is 4.37. The minimum Gasteiger partial charge on any atom is -0.364 e. The van der Waals surface area contributed by atoms with E-state index in [0.29, 0.717) is 11.3 Å². The monoisotopic (exact) mass is 276 g/mol. The van der Waals surface area contributed by atoms with E-state index in [0.717, 1.165) is 25.7 Å². The van der Waals surface area contributed by atoms with Crippen molar-refractivity contribution in [2.45, 2.75) is 37.0 Å². The van der Waals surface area contributed by atoms with Gasteiger partial charge in [0.15, 0.2) is 17.5 Å². The maximum atomic E-state index is 13.5. The van der Waals surface area contributed by atoms with Crippen molar-refractivity contribution in [2.24, 2.45) is 0 Å². The molecule has 2 atom stereocenters. The van der Waals surface area contributed by atoms with Crippen LogP contribution in [0.2, 0.25) is 0 Å². The Morgan fingerprint density at radius 1 is 1.22 bits per heavy atom. The molecule has 2 nitrogen and oxygen atoms in total. The molecule has 0 amide bonds. The van der Waals surface area contributed by atoms with Gasteiger partial charge in [-0.3, -0.25) is 0 Å². The third-order valence-electron chi connectivity index (χ3n) is 3.21. The quantitative estimate of drug-likeness (QED) is 0.854. The van der Waals surface area contributed by atoms with Crippen molar-refractivity contribution in [1.82, 2.24) is 4.98 Å². The van der Waals surface area contributed by atoms with Crippen molar-refractivity contribution in [3.05, 3.63) is 23.6 Å². The molecule has 0 radical (unpaired) electrons. The maximum Gasteiger partial charge on any atom is 0.251 e. The summed E-state index contributed by atoms with van der Waals surface area (Å²) in [4.78, 5) is 3.30. The zero-order valence-corrected chi connectivity index (χ0v) is 10.9. The van der Waals surface area contributed by atoms with Crippen LogP contribution in [0, 0.1) is 17.6 Å². The number of hydrogen-bond donors (Lipinski definition) is 1. The van der Waals surface area contributed by atoms with Gasteiger partial charge in [-0.2, -0.15) is 21.1 Å². The number of nitrogens with one attached hydrogen (secondary N) is 1. The summed E-state index contributed by atoms with van der Waals surface area (Å²) in [7, 11) is 0. The van der Waals surface area contributed by atoms with E-state index >= 15 is 0 Å². The molecule has 1 aliphatic carbocycles. The summed E-state index contributed by atoms with van der Waals surface area (Å²) in [5, 5.41) is 3.26. The average Bonchev–Trinajstić information content (AvgIpc) is 2.36. The lowest BCUT2D eigenvalue weighted by molar-refractivity contribution is 0.453. The molecule has 1 heterocycles. The number of aromatic nitrogens is 1. The smallest absolute Gasteiger partial charge is 0.251 e. The highest BCUT2D eigenvalue weighted by atomic mass is 32.2. The second-order valence-corrected chi connectivity index (χ2v) is 5.48. The molecule has 2 rings (SSSR count). The highest BCUT2D eigenvalue weighted by Gasteiger charge is 2.25. The first-order chi connectivity index (χ1) is 8.61. The predicted octanol–water partition coefficient (Wildman–Crippen LogP) is 3.59. The Morgan fingerprint density at radius 3 is 2.67 bits per heavy atom. The maximum absolute atomic E-state index is 13.5. The lowest BCUT2D eigenvalue weighted by Crippen LogP contribution is -2.35. The van der Waals surface area contributed by atoms with Gasteiger partial charge in [-0.25, -0.2) is 8.78 Å². The van der Waals surface area contributed by atoms with Crippen molar-refractivity contribution in [2.75, 3.05) is 11.6 Å². The second-order valence-electron chi connectivity index (χ2n) is 4.40. The van der Waals surface area contributed by atoms with Crippen molar-refractivity contribution in [1.29, 1.82) is 0 Å². The molecule has 0 bridgehead atoms. The molecule has 100 valence electrons. The molecule has 1 fully saturated rings. The van der Waals surface area contributed by atoms with Gasteiger partial charge in [0, 0.05) is 17.4 Å². The molecule has 2 unspecified atom stereocenters. The van der Waals surface area contributed by atoms with Gasteiger partial charge in [-0.1, -0.05) is 12.8 Å². The highest BCUT2D eigenvalue weighted by molar-refractivity contribution is 7.99. The molecule has 1 N–H and O–H groups in total. The van der Waals surface area contributed by atoms with Gasteiger partial charge >= 0.3 is 0 Å². The topological polar surface area (TPSA) is 24.9 Å². The summed E-state index contributed by atoms with van der Waals surface area (Å²) in [5.74, 6) is -3.57. The third kappa shape index (κ3) is 2.91. The molecule has 6 heteroatoms. The van der Waals surface area contributed by atoms with E-state index in [-0.39, 0.29) is 11.9 Å². The number of rotatable bonds is 3. The molecular weight excluding hydrogens is 261 g/mol. The normalized spacial score (nSPS) is 24.0. The highest BCUT2D eigenvalue weighted by Crippen LogP contribution is 2.29. The number of pyridine rings is 1. The largest absolute Gasteiger partial charge is 0.364 e. The lowest BCUT2D eigenvalue weighted by Gasteiger charge is -2.31. The summed E-state index contributed by atoms with van der Waals surface area (Å²) in [6, 6.07) is 0.585. The summed E-state index contributed by atoms with van der Waals surface area (Å²) in [6.45, 7) is 0. The molecule has 1 saturated carbocycles. The standard InChI is InChI=1S/C12H15F3N2S/c1-18-10-5-3-2-4-9(10)16-12-8(14)6-7(13)11(15)17-12/h6,9-10H,2-5H2,1H3,(H,16,17). The summed E-state index contributed by atoms with van der Waals surface area (Å²) < 4.78 is 39.2. The van der Waals surface area contributed by atoms with E-state index in [1.54, 1.807) is 11.8 Å². The van der Waals surface area contributed by atoms with Gasteiger partial charge in [-0.15, -0.1) is 0 Å². The Balaban J connectivity index is 2.15. The first kappa shape index (κ1) is 13.5. The van der Waals surface area contributed by atoms with E-state index in [9.17, 15) is 13.2 Å². The fourth-order valence-corrected chi connectivity index (χ4v) is 3.20. The van der Waals surface area contributed by atoms with E-state index in [1.807, 2.05) is 6.26 Å². The molecular formula is C12H15F3N2S. The van der Waals surface area contributed by atoms with Crippen molar-refractivity contribution < 1.29 is 13.2 Å². The van der Waals surface area contributed by atoms with Crippen LogP contribution in [0.1, 0.15) is 25.7 Å². The van der Waals surface area contributed by atoms with Crippen LogP contribution in [0.4, 0.5) is 19.0 Å². The van der Waals surface area contributed by atoms with Gasteiger partial charge in [0.1, 0.15) is 0 Å². The number of hydrogen-bond acceptors (Lipinski definition) is 3. The zero-order chi connectivity index (χ0) is 13.1. The van der Waals surface area contributed by atoms with Crippen LogP contribution in [0.3, 0.4) is 0 Å². The van der Waals surface area contributed by atoms with E-state index < -0.39 is 17.6 Å². The van der Waals surface area contributed by atoms with Gasteiger partial charge in [0.05, 0.1) is 0 Å². The molecule has 0 aliphatic heterocycles. The SMILES string of the molecule is CSC1CCCCC1Nc1nc(F)c(F)cc1F. The minimum absolute atomic E-state index is 0.0561. The van der Waals surface area contributed by atoms with Crippen LogP contribution in [0.15, 0.2) is 6.07 Å². The van der Waals surface area contributed by atoms with Crippen molar-refractivity contribution >= 4 is 17.6 Å². The molecule has 0 saturated heterocycles. The van der Waals surface area contributed by atoms with Crippen LogP contribution in [-0.2, 0) is 0 Å². The summed E-state index contributed by atoms with van der Waals surface area (Å²) in [6.07, 6.45) is 6.15. The predicted molar refractivity (Wildman–Crippen MR) is 67.3 cm³/mol. The Labute approximate surface area is 108 Å². The van der Waals surface area contributed by atoms with Gasteiger partial charge in [0.2, 0.25) is 0 Å². The molecule has 1 aliphatic rings. The first-order valence-corrected chi connectivity index (χ1v) is 7.21. The van der Waals surface area contributed by atoms with Crippen LogP contribution >= 0.6 is 11.8 Å². The van der Waals surface area contributed by atoms with Crippen LogP contribution in [-0.4, -0.2) is 22.5 Å².